The Morgan fingerprint density at radius 2 is 1.53 bits per heavy atom. The molecule has 0 saturated heterocycles. The van der Waals surface area contributed by atoms with Crippen LogP contribution in [0.25, 0.3) is 33.0 Å². The third kappa shape index (κ3) is 4.91. The zero-order valence-corrected chi connectivity index (χ0v) is 18.6. The van der Waals surface area contributed by atoms with Crippen molar-refractivity contribution in [3.63, 3.8) is 0 Å². The molecule has 4 rings (SSSR count). The Kier molecular flexibility index (Phi) is 7.01. The standard InChI is InChI=1S/C30H29FO/c1-3-5-6-7-22-8-10-23(11-9-22)25-14-18-29-26(21-25)15-19-28(30(29)31)24-12-16-27(17-13-24)32-20-4-2/h4,8-19,21H,2-3,5-7,20H2,1H3. The first-order chi connectivity index (χ1) is 15.7. The number of aryl methyl sites for hydroxylation is 1. The lowest BCUT2D eigenvalue weighted by Gasteiger charge is -2.10. The van der Waals surface area contributed by atoms with E-state index in [1.54, 1.807) is 6.08 Å². The average molecular weight is 425 g/mol. The molecule has 0 N–H and O–H groups in total. The topological polar surface area (TPSA) is 9.23 Å². The highest BCUT2D eigenvalue weighted by atomic mass is 19.1. The molecular formula is C30H29FO. The highest BCUT2D eigenvalue weighted by molar-refractivity contribution is 5.91. The van der Waals surface area contributed by atoms with Gasteiger partial charge >= 0.3 is 0 Å². The van der Waals surface area contributed by atoms with Crippen LogP contribution in [-0.2, 0) is 6.42 Å². The molecule has 0 radical (unpaired) electrons. The summed E-state index contributed by atoms with van der Waals surface area (Å²) in [7, 11) is 0. The monoisotopic (exact) mass is 424 g/mol. The molecule has 0 fully saturated rings. The van der Waals surface area contributed by atoms with Crippen LogP contribution in [0.3, 0.4) is 0 Å². The van der Waals surface area contributed by atoms with E-state index in [1.807, 2.05) is 48.5 Å². The van der Waals surface area contributed by atoms with E-state index in [4.69, 9.17) is 4.74 Å². The van der Waals surface area contributed by atoms with Crippen LogP contribution in [0.2, 0.25) is 0 Å². The van der Waals surface area contributed by atoms with Crippen LogP contribution < -0.4 is 4.74 Å². The van der Waals surface area contributed by atoms with Crippen LogP contribution in [0.1, 0.15) is 31.7 Å². The largest absolute Gasteiger partial charge is 0.490 e. The maximum absolute atomic E-state index is 15.3. The average Bonchev–Trinajstić information content (AvgIpc) is 2.84. The van der Waals surface area contributed by atoms with Crippen molar-refractivity contribution in [1.82, 2.24) is 0 Å². The molecule has 1 nitrogen and oxygen atoms in total. The number of rotatable bonds is 9. The molecule has 2 heteroatoms. The molecule has 0 heterocycles. The Bertz CT molecular complexity index is 1190. The molecule has 0 atom stereocenters. The van der Waals surface area contributed by atoms with E-state index in [0.29, 0.717) is 17.6 Å². The first-order valence-electron chi connectivity index (χ1n) is 11.4. The number of hydrogen-bond donors (Lipinski definition) is 0. The summed E-state index contributed by atoms with van der Waals surface area (Å²) in [6, 6.07) is 26.1. The van der Waals surface area contributed by atoms with E-state index in [1.165, 1.54) is 24.8 Å². The summed E-state index contributed by atoms with van der Waals surface area (Å²) in [6.07, 6.45) is 6.57. The zero-order valence-electron chi connectivity index (χ0n) is 18.6. The number of unbranched alkanes of at least 4 members (excludes halogenated alkanes) is 2. The number of halogens is 1. The predicted octanol–water partition coefficient (Wildman–Crippen LogP) is 8.61. The third-order valence-corrected chi connectivity index (χ3v) is 5.84. The van der Waals surface area contributed by atoms with Crippen molar-refractivity contribution >= 4 is 10.8 Å². The molecule has 4 aromatic carbocycles. The van der Waals surface area contributed by atoms with E-state index in [9.17, 15) is 0 Å². The predicted molar refractivity (Wildman–Crippen MR) is 134 cm³/mol. The smallest absolute Gasteiger partial charge is 0.138 e. The lowest BCUT2D eigenvalue weighted by atomic mass is 9.96. The second kappa shape index (κ2) is 10.3. The van der Waals surface area contributed by atoms with E-state index in [2.05, 4.69) is 43.8 Å². The van der Waals surface area contributed by atoms with Gasteiger partial charge in [0.15, 0.2) is 0 Å². The molecule has 0 unspecified atom stereocenters. The van der Waals surface area contributed by atoms with Gasteiger partial charge in [0.05, 0.1) is 0 Å². The lowest BCUT2D eigenvalue weighted by molar-refractivity contribution is 0.363. The molecular weight excluding hydrogens is 395 g/mol. The number of ether oxygens (including phenoxy) is 1. The normalized spacial score (nSPS) is 10.9. The molecule has 0 aliphatic carbocycles. The molecule has 0 amide bonds. The Morgan fingerprint density at radius 3 is 2.25 bits per heavy atom. The maximum Gasteiger partial charge on any atom is 0.138 e. The first kappa shape index (κ1) is 21.8. The van der Waals surface area contributed by atoms with Gasteiger partial charge in [0.1, 0.15) is 18.2 Å². The molecule has 162 valence electrons. The van der Waals surface area contributed by atoms with Gasteiger partial charge in [-0.15, -0.1) is 0 Å². The minimum atomic E-state index is -0.194. The van der Waals surface area contributed by atoms with E-state index < -0.39 is 0 Å². The van der Waals surface area contributed by atoms with Crippen molar-refractivity contribution in [3.05, 3.63) is 103 Å². The minimum Gasteiger partial charge on any atom is -0.490 e. The van der Waals surface area contributed by atoms with Gasteiger partial charge in [-0.25, -0.2) is 4.39 Å². The molecule has 0 spiro atoms. The summed E-state index contributed by atoms with van der Waals surface area (Å²) >= 11 is 0. The second-order valence-electron chi connectivity index (χ2n) is 8.14. The van der Waals surface area contributed by atoms with Gasteiger partial charge in [-0.2, -0.15) is 0 Å². The maximum atomic E-state index is 15.3. The van der Waals surface area contributed by atoms with Gasteiger partial charge in [-0.3, -0.25) is 0 Å². The SMILES string of the molecule is C=CCOc1ccc(-c2ccc3cc(-c4ccc(CCCCC)cc4)ccc3c2F)cc1. The van der Waals surface area contributed by atoms with E-state index in [0.717, 1.165) is 34.2 Å². The zero-order chi connectivity index (χ0) is 22.3. The summed E-state index contributed by atoms with van der Waals surface area (Å²) in [5, 5.41) is 1.54. The van der Waals surface area contributed by atoms with Gasteiger partial charge in [-0.05, 0) is 58.7 Å². The highest BCUT2D eigenvalue weighted by Crippen LogP contribution is 2.32. The number of benzene rings is 4. The van der Waals surface area contributed by atoms with Crippen molar-refractivity contribution in [2.75, 3.05) is 6.61 Å². The third-order valence-electron chi connectivity index (χ3n) is 5.84. The van der Waals surface area contributed by atoms with Crippen molar-refractivity contribution in [3.8, 4) is 28.0 Å². The quantitative estimate of drug-likeness (QED) is 0.193. The van der Waals surface area contributed by atoms with Crippen molar-refractivity contribution in [2.24, 2.45) is 0 Å². The van der Waals surface area contributed by atoms with E-state index in [-0.39, 0.29) is 5.82 Å². The summed E-state index contributed by atoms with van der Waals surface area (Å²) in [5.74, 6) is 0.552. The highest BCUT2D eigenvalue weighted by Gasteiger charge is 2.11. The van der Waals surface area contributed by atoms with Crippen molar-refractivity contribution < 1.29 is 9.13 Å². The number of fused-ring (bicyclic) bond motifs is 1. The Hall–Kier alpha value is -3.39. The van der Waals surface area contributed by atoms with Crippen molar-refractivity contribution in [1.29, 1.82) is 0 Å². The molecule has 0 saturated carbocycles. The molecule has 32 heavy (non-hydrogen) atoms. The van der Waals surface area contributed by atoms with Crippen LogP contribution in [-0.4, -0.2) is 6.61 Å². The molecule has 0 aliphatic heterocycles. The minimum absolute atomic E-state index is 0.194. The number of hydrogen-bond acceptors (Lipinski definition) is 1. The van der Waals surface area contributed by atoms with Gasteiger partial charge in [0.2, 0.25) is 0 Å². The van der Waals surface area contributed by atoms with Crippen LogP contribution in [0, 0.1) is 5.82 Å². The molecule has 0 aliphatic rings. The summed E-state index contributed by atoms with van der Waals surface area (Å²) in [4.78, 5) is 0. The van der Waals surface area contributed by atoms with Crippen LogP contribution in [0.5, 0.6) is 5.75 Å². The Balaban J connectivity index is 1.57. The fourth-order valence-electron chi connectivity index (χ4n) is 4.02. The van der Waals surface area contributed by atoms with Gasteiger partial charge in [0, 0.05) is 10.9 Å². The summed E-state index contributed by atoms with van der Waals surface area (Å²) in [6.45, 7) is 6.33. The second-order valence-corrected chi connectivity index (χ2v) is 8.14. The van der Waals surface area contributed by atoms with Crippen molar-refractivity contribution in [2.45, 2.75) is 32.6 Å². The van der Waals surface area contributed by atoms with Crippen LogP contribution in [0.4, 0.5) is 4.39 Å². The van der Waals surface area contributed by atoms with E-state index >= 15 is 4.39 Å². The van der Waals surface area contributed by atoms with Gasteiger partial charge in [-0.1, -0.05) is 93.1 Å². The molecule has 0 bridgehead atoms. The van der Waals surface area contributed by atoms with Crippen LogP contribution in [0.15, 0.2) is 91.5 Å². The summed E-state index contributed by atoms with van der Waals surface area (Å²) < 4.78 is 20.9. The Labute approximate surface area is 190 Å². The van der Waals surface area contributed by atoms with Gasteiger partial charge < -0.3 is 4.74 Å². The Morgan fingerprint density at radius 1 is 0.812 bits per heavy atom. The summed E-state index contributed by atoms with van der Waals surface area (Å²) in [5.41, 5.74) is 5.06. The first-order valence-corrected chi connectivity index (χ1v) is 11.4. The lowest BCUT2D eigenvalue weighted by Crippen LogP contribution is -1.93. The fraction of sp³-hybridized carbons (Fsp3) is 0.200. The van der Waals surface area contributed by atoms with Gasteiger partial charge in [0.25, 0.3) is 0 Å². The fourth-order valence-corrected chi connectivity index (χ4v) is 4.02. The van der Waals surface area contributed by atoms with Crippen LogP contribution >= 0.6 is 0 Å². The molecule has 0 aromatic heterocycles. The molecule has 4 aromatic rings.